The van der Waals surface area contributed by atoms with E-state index >= 15 is 0 Å². The number of amides is 2. The van der Waals surface area contributed by atoms with Gasteiger partial charge in [-0.05, 0) is 18.4 Å². The number of methoxy groups -OCH3 is 1. The molecule has 0 saturated carbocycles. The lowest BCUT2D eigenvalue weighted by Crippen LogP contribution is -2.46. The van der Waals surface area contributed by atoms with E-state index in [1.54, 1.807) is 7.11 Å². The van der Waals surface area contributed by atoms with Gasteiger partial charge in [0.1, 0.15) is 0 Å². The smallest absolute Gasteiger partial charge is 0.227 e. The Kier molecular flexibility index (Phi) is 8.42. The summed E-state index contributed by atoms with van der Waals surface area (Å²) in [4.78, 5) is 26.6. The van der Waals surface area contributed by atoms with Crippen LogP contribution in [-0.4, -0.2) is 63.2 Å². The Morgan fingerprint density at radius 1 is 1.20 bits per heavy atom. The van der Waals surface area contributed by atoms with Crippen molar-refractivity contribution in [3.05, 3.63) is 35.9 Å². The molecule has 2 amide bonds. The summed E-state index contributed by atoms with van der Waals surface area (Å²) in [5.74, 6) is 0.0446. The first-order valence-electron chi connectivity index (χ1n) is 8.99. The Morgan fingerprint density at radius 2 is 2.00 bits per heavy atom. The molecule has 1 aliphatic rings. The highest BCUT2D eigenvalue weighted by Crippen LogP contribution is 2.17. The number of carbonyl (C=O) groups excluding carboxylic acids is 2. The molecule has 6 nitrogen and oxygen atoms in total. The van der Waals surface area contributed by atoms with Gasteiger partial charge in [-0.2, -0.15) is 0 Å². The van der Waals surface area contributed by atoms with Crippen molar-refractivity contribution in [2.75, 3.05) is 46.4 Å². The number of ether oxygens (including phenoxy) is 1. The van der Waals surface area contributed by atoms with Crippen LogP contribution in [0.15, 0.2) is 30.3 Å². The molecule has 1 saturated heterocycles. The Bertz CT molecular complexity index is 536. The highest BCUT2D eigenvalue weighted by Gasteiger charge is 2.28. The van der Waals surface area contributed by atoms with Gasteiger partial charge in [-0.1, -0.05) is 30.3 Å². The van der Waals surface area contributed by atoms with E-state index in [9.17, 15) is 9.59 Å². The summed E-state index contributed by atoms with van der Waals surface area (Å²) < 4.78 is 4.95. The van der Waals surface area contributed by atoms with Crippen molar-refractivity contribution in [2.45, 2.75) is 19.3 Å². The van der Waals surface area contributed by atoms with Gasteiger partial charge in [-0.15, -0.1) is 0 Å². The van der Waals surface area contributed by atoms with Gasteiger partial charge < -0.3 is 20.3 Å². The third-order valence-electron chi connectivity index (χ3n) is 4.43. The Morgan fingerprint density at radius 3 is 2.76 bits per heavy atom. The van der Waals surface area contributed by atoms with E-state index in [2.05, 4.69) is 10.6 Å². The minimum Gasteiger partial charge on any atom is -0.383 e. The Labute approximate surface area is 149 Å². The van der Waals surface area contributed by atoms with Crippen LogP contribution in [0.5, 0.6) is 0 Å². The van der Waals surface area contributed by atoms with Crippen LogP contribution in [0.4, 0.5) is 0 Å². The summed E-state index contributed by atoms with van der Waals surface area (Å²) in [6, 6.07) is 9.75. The van der Waals surface area contributed by atoms with E-state index in [0.717, 1.165) is 38.0 Å². The molecule has 6 heteroatoms. The van der Waals surface area contributed by atoms with E-state index in [0.29, 0.717) is 26.1 Å². The summed E-state index contributed by atoms with van der Waals surface area (Å²) in [6.45, 7) is 4.02. The van der Waals surface area contributed by atoms with Crippen molar-refractivity contribution in [2.24, 2.45) is 5.92 Å². The lowest BCUT2D eigenvalue weighted by atomic mass is 9.96. The lowest BCUT2D eigenvalue weighted by Gasteiger charge is -2.32. The van der Waals surface area contributed by atoms with Crippen molar-refractivity contribution >= 4 is 11.8 Å². The second kappa shape index (κ2) is 10.8. The van der Waals surface area contributed by atoms with Crippen molar-refractivity contribution in [1.29, 1.82) is 0 Å². The number of rotatable bonds is 9. The van der Waals surface area contributed by atoms with Gasteiger partial charge in [0.25, 0.3) is 0 Å². The molecule has 1 aliphatic heterocycles. The van der Waals surface area contributed by atoms with Crippen LogP contribution in [0.2, 0.25) is 0 Å². The molecular weight excluding hydrogens is 318 g/mol. The first kappa shape index (κ1) is 19.4. The fourth-order valence-electron chi connectivity index (χ4n) is 3.02. The van der Waals surface area contributed by atoms with Crippen molar-refractivity contribution in [3.63, 3.8) is 0 Å². The van der Waals surface area contributed by atoms with E-state index in [4.69, 9.17) is 4.74 Å². The summed E-state index contributed by atoms with van der Waals surface area (Å²) >= 11 is 0. The van der Waals surface area contributed by atoms with Crippen molar-refractivity contribution in [3.8, 4) is 0 Å². The van der Waals surface area contributed by atoms with Crippen LogP contribution >= 0.6 is 0 Å². The molecule has 0 spiro atoms. The largest absolute Gasteiger partial charge is 0.383 e. The monoisotopic (exact) mass is 347 g/mol. The number of nitrogens with zero attached hydrogens (tertiary/aromatic N) is 1. The first-order chi connectivity index (χ1) is 12.2. The fourth-order valence-corrected chi connectivity index (χ4v) is 3.02. The van der Waals surface area contributed by atoms with E-state index in [1.807, 2.05) is 35.2 Å². The molecule has 0 aromatic heterocycles. The number of likely N-dealkylation sites (tertiary alicyclic amines) is 1. The summed E-state index contributed by atoms with van der Waals surface area (Å²) in [5.41, 5.74) is 1.02. The maximum Gasteiger partial charge on any atom is 0.227 e. The molecule has 1 atom stereocenters. The number of benzene rings is 1. The van der Waals surface area contributed by atoms with Gasteiger partial charge in [0.05, 0.1) is 18.9 Å². The van der Waals surface area contributed by atoms with Gasteiger partial charge in [0.2, 0.25) is 11.8 Å². The van der Waals surface area contributed by atoms with Crippen LogP contribution < -0.4 is 10.6 Å². The Balaban J connectivity index is 1.72. The molecule has 0 aliphatic carbocycles. The second-order valence-electron chi connectivity index (χ2n) is 6.38. The third kappa shape index (κ3) is 6.84. The number of hydrogen-bond acceptors (Lipinski definition) is 4. The molecule has 1 fully saturated rings. The molecule has 0 bridgehead atoms. The molecule has 138 valence electrons. The van der Waals surface area contributed by atoms with Crippen LogP contribution in [-0.2, 0) is 20.7 Å². The highest BCUT2D eigenvalue weighted by atomic mass is 16.5. The lowest BCUT2D eigenvalue weighted by molar-refractivity contribution is -0.135. The predicted molar refractivity (Wildman–Crippen MR) is 97.2 cm³/mol. The number of carbonyl (C=O) groups is 2. The minimum absolute atomic E-state index is 0.0470. The number of hydrogen-bond donors (Lipinski definition) is 2. The second-order valence-corrected chi connectivity index (χ2v) is 6.38. The normalized spacial score (nSPS) is 17.3. The molecule has 1 heterocycles. The summed E-state index contributed by atoms with van der Waals surface area (Å²) in [6.07, 6.45) is 2.13. The van der Waals surface area contributed by atoms with Gasteiger partial charge in [0.15, 0.2) is 0 Å². The zero-order chi connectivity index (χ0) is 17.9. The Hall–Kier alpha value is -1.92. The molecule has 1 aromatic carbocycles. The van der Waals surface area contributed by atoms with Crippen molar-refractivity contribution < 1.29 is 14.3 Å². The molecule has 25 heavy (non-hydrogen) atoms. The van der Waals surface area contributed by atoms with Gasteiger partial charge in [-0.25, -0.2) is 0 Å². The van der Waals surface area contributed by atoms with Crippen LogP contribution in [0, 0.1) is 5.92 Å². The van der Waals surface area contributed by atoms with Crippen LogP contribution in [0.25, 0.3) is 0 Å². The third-order valence-corrected chi connectivity index (χ3v) is 4.43. The number of nitrogens with one attached hydrogen (secondary N) is 2. The molecule has 1 unspecified atom stereocenters. The molecule has 2 rings (SSSR count). The maximum absolute atomic E-state index is 12.5. The van der Waals surface area contributed by atoms with Crippen LogP contribution in [0.3, 0.4) is 0 Å². The zero-order valence-electron chi connectivity index (χ0n) is 15.0. The molecule has 2 N–H and O–H groups in total. The zero-order valence-corrected chi connectivity index (χ0v) is 15.0. The summed E-state index contributed by atoms with van der Waals surface area (Å²) in [5, 5.41) is 6.15. The maximum atomic E-state index is 12.5. The molecule has 0 radical (unpaired) electrons. The van der Waals surface area contributed by atoms with E-state index in [1.165, 1.54) is 0 Å². The van der Waals surface area contributed by atoms with Crippen LogP contribution in [0.1, 0.15) is 18.4 Å². The number of piperidine rings is 1. The molecular formula is C19H29N3O3. The average Bonchev–Trinajstić information content (AvgIpc) is 2.65. The van der Waals surface area contributed by atoms with E-state index < -0.39 is 0 Å². The highest BCUT2D eigenvalue weighted by molar-refractivity contribution is 5.82. The quantitative estimate of drug-likeness (QED) is 0.649. The van der Waals surface area contributed by atoms with Gasteiger partial charge in [-0.3, -0.25) is 9.59 Å². The topological polar surface area (TPSA) is 70.7 Å². The SMILES string of the molecule is COCCNCCNC(=O)C1CCCN(C(=O)Cc2ccccc2)C1. The first-order valence-corrected chi connectivity index (χ1v) is 8.99. The van der Waals surface area contributed by atoms with Gasteiger partial charge in [0, 0.05) is 39.8 Å². The summed E-state index contributed by atoms with van der Waals surface area (Å²) in [7, 11) is 1.66. The fraction of sp³-hybridized carbons (Fsp3) is 0.579. The molecule has 1 aromatic rings. The van der Waals surface area contributed by atoms with E-state index in [-0.39, 0.29) is 17.7 Å². The predicted octanol–water partition coefficient (Wildman–Crippen LogP) is 0.820. The minimum atomic E-state index is -0.104. The van der Waals surface area contributed by atoms with Crippen molar-refractivity contribution in [1.82, 2.24) is 15.5 Å². The van der Waals surface area contributed by atoms with Gasteiger partial charge >= 0.3 is 0 Å². The standard InChI is InChI=1S/C19H29N3O3/c1-25-13-11-20-9-10-21-19(24)17-8-5-12-22(15-17)18(23)14-16-6-3-2-4-7-16/h2-4,6-7,17,20H,5,8-15H2,1H3,(H,21,24). The average molecular weight is 347 g/mol.